The Bertz CT molecular complexity index is 125. The first kappa shape index (κ1) is 11.4. The number of aliphatic hydroxyl groups excluding tert-OH is 1. The van der Waals surface area contributed by atoms with Crippen molar-refractivity contribution in [1.29, 1.82) is 0 Å². The summed E-state index contributed by atoms with van der Waals surface area (Å²) in [5.41, 5.74) is 0. The molecule has 1 unspecified atom stereocenters. The first-order valence-corrected chi connectivity index (χ1v) is 4.21. The van der Waals surface area contributed by atoms with Crippen LogP contribution in [0.1, 0.15) is 20.3 Å². The minimum Gasteiger partial charge on any atom is -0.465 e. The second kappa shape index (κ2) is 7.06. The van der Waals surface area contributed by atoms with E-state index in [1.165, 1.54) is 0 Å². The highest BCUT2D eigenvalue weighted by atomic mass is 16.5. The SMILES string of the molecule is CCOC(=O)CNCCC(C)O. The zero-order valence-electron chi connectivity index (χ0n) is 7.67. The Balaban J connectivity index is 3.14. The summed E-state index contributed by atoms with van der Waals surface area (Å²) in [7, 11) is 0. The van der Waals surface area contributed by atoms with Crippen molar-refractivity contribution in [3.8, 4) is 0 Å². The number of carbonyl (C=O) groups excluding carboxylic acids is 1. The van der Waals surface area contributed by atoms with Gasteiger partial charge in [0.25, 0.3) is 0 Å². The van der Waals surface area contributed by atoms with Crippen molar-refractivity contribution in [2.24, 2.45) is 0 Å². The van der Waals surface area contributed by atoms with Gasteiger partial charge in [-0.3, -0.25) is 4.79 Å². The van der Waals surface area contributed by atoms with E-state index in [9.17, 15) is 4.79 Å². The molecule has 0 aliphatic carbocycles. The van der Waals surface area contributed by atoms with Gasteiger partial charge in [0.15, 0.2) is 0 Å². The fourth-order valence-electron chi connectivity index (χ4n) is 0.713. The number of nitrogens with one attached hydrogen (secondary N) is 1. The van der Waals surface area contributed by atoms with Crippen LogP contribution < -0.4 is 5.32 Å². The first-order valence-electron chi connectivity index (χ1n) is 4.21. The molecule has 0 saturated carbocycles. The predicted octanol–water partition coefficient (Wildman–Crippen LogP) is -0.0900. The van der Waals surface area contributed by atoms with E-state index in [2.05, 4.69) is 10.1 Å². The molecule has 4 heteroatoms. The second-order valence-corrected chi connectivity index (χ2v) is 2.62. The maximum absolute atomic E-state index is 10.7. The number of rotatable bonds is 6. The van der Waals surface area contributed by atoms with Crippen molar-refractivity contribution >= 4 is 5.97 Å². The summed E-state index contributed by atoms with van der Waals surface area (Å²) in [6.07, 6.45) is 0.332. The van der Waals surface area contributed by atoms with Crippen LogP contribution in [0.4, 0.5) is 0 Å². The van der Waals surface area contributed by atoms with Crippen LogP contribution in [-0.2, 0) is 9.53 Å². The normalized spacial score (nSPS) is 12.6. The minimum atomic E-state index is -0.320. The van der Waals surface area contributed by atoms with E-state index in [0.29, 0.717) is 19.6 Å². The Morgan fingerprint density at radius 1 is 1.67 bits per heavy atom. The first-order chi connectivity index (χ1) is 5.66. The third kappa shape index (κ3) is 7.50. The number of carbonyl (C=O) groups is 1. The van der Waals surface area contributed by atoms with Gasteiger partial charge in [-0.1, -0.05) is 0 Å². The standard InChI is InChI=1S/C8H17NO3/c1-3-12-8(11)6-9-5-4-7(2)10/h7,9-10H,3-6H2,1-2H3. The van der Waals surface area contributed by atoms with Gasteiger partial charge in [0, 0.05) is 0 Å². The van der Waals surface area contributed by atoms with E-state index in [0.717, 1.165) is 0 Å². The molecular weight excluding hydrogens is 158 g/mol. The van der Waals surface area contributed by atoms with Gasteiger partial charge in [-0.05, 0) is 26.8 Å². The monoisotopic (exact) mass is 175 g/mol. The third-order valence-corrected chi connectivity index (χ3v) is 1.31. The van der Waals surface area contributed by atoms with Gasteiger partial charge in [0.2, 0.25) is 0 Å². The van der Waals surface area contributed by atoms with Crippen LogP contribution in [0.5, 0.6) is 0 Å². The molecule has 0 aliphatic rings. The van der Waals surface area contributed by atoms with Gasteiger partial charge in [-0.15, -0.1) is 0 Å². The van der Waals surface area contributed by atoms with E-state index >= 15 is 0 Å². The van der Waals surface area contributed by atoms with Crippen LogP contribution in [0.2, 0.25) is 0 Å². The molecule has 0 heterocycles. The fourth-order valence-corrected chi connectivity index (χ4v) is 0.713. The highest BCUT2D eigenvalue weighted by Gasteiger charge is 2.00. The zero-order chi connectivity index (χ0) is 9.40. The van der Waals surface area contributed by atoms with Crippen LogP contribution >= 0.6 is 0 Å². The van der Waals surface area contributed by atoms with Crippen molar-refractivity contribution in [1.82, 2.24) is 5.32 Å². The number of ether oxygens (including phenoxy) is 1. The Morgan fingerprint density at radius 3 is 2.83 bits per heavy atom. The topological polar surface area (TPSA) is 58.6 Å². The molecule has 0 rings (SSSR count). The molecule has 0 fully saturated rings. The molecule has 4 nitrogen and oxygen atoms in total. The summed E-state index contributed by atoms with van der Waals surface area (Å²) in [6.45, 7) is 4.76. The summed E-state index contributed by atoms with van der Waals surface area (Å²) in [5, 5.41) is 11.7. The summed E-state index contributed by atoms with van der Waals surface area (Å²) in [5.74, 6) is -0.247. The highest BCUT2D eigenvalue weighted by Crippen LogP contribution is 1.85. The summed E-state index contributed by atoms with van der Waals surface area (Å²) in [4.78, 5) is 10.7. The molecule has 0 amide bonds. The van der Waals surface area contributed by atoms with E-state index in [4.69, 9.17) is 5.11 Å². The molecule has 2 N–H and O–H groups in total. The smallest absolute Gasteiger partial charge is 0.319 e. The van der Waals surface area contributed by atoms with Gasteiger partial charge < -0.3 is 15.2 Å². The summed E-state index contributed by atoms with van der Waals surface area (Å²) >= 11 is 0. The van der Waals surface area contributed by atoms with Gasteiger partial charge in [-0.2, -0.15) is 0 Å². The van der Waals surface area contributed by atoms with E-state index in [1.807, 2.05) is 0 Å². The molecule has 0 aliphatic heterocycles. The van der Waals surface area contributed by atoms with E-state index in [1.54, 1.807) is 13.8 Å². The molecule has 0 saturated heterocycles. The lowest BCUT2D eigenvalue weighted by molar-refractivity contribution is -0.142. The largest absolute Gasteiger partial charge is 0.465 e. The Hall–Kier alpha value is -0.610. The molecule has 0 bridgehead atoms. The van der Waals surface area contributed by atoms with Crippen LogP contribution in [0.25, 0.3) is 0 Å². The van der Waals surface area contributed by atoms with Crippen molar-refractivity contribution in [2.75, 3.05) is 19.7 Å². The van der Waals surface area contributed by atoms with Crippen molar-refractivity contribution in [3.05, 3.63) is 0 Å². The third-order valence-electron chi connectivity index (χ3n) is 1.31. The molecule has 72 valence electrons. The molecule has 0 aromatic carbocycles. The second-order valence-electron chi connectivity index (χ2n) is 2.62. The average Bonchev–Trinajstić information content (AvgIpc) is 1.98. The highest BCUT2D eigenvalue weighted by molar-refractivity contribution is 5.71. The van der Waals surface area contributed by atoms with Crippen molar-refractivity contribution in [3.63, 3.8) is 0 Å². The van der Waals surface area contributed by atoms with Crippen molar-refractivity contribution < 1.29 is 14.6 Å². The lowest BCUT2D eigenvalue weighted by atomic mass is 10.3. The van der Waals surface area contributed by atoms with E-state index < -0.39 is 0 Å². The predicted molar refractivity (Wildman–Crippen MR) is 45.8 cm³/mol. The van der Waals surface area contributed by atoms with Gasteiger partial charge in [0.1, 0.15) is 0 Å². The Kier molecular flexibility index (Phi) is 6.70. The van der Waals surface area contributed by atoms with Gasteiger partial charge >= 0.3 is 5.97 Å². The van der Waals surface area contributed by atoms with Gasteiger partial charge in [-0.25, -0.2) is 0 Å². The fraction of sp³-hybridized carbons (Fsp3) is 0.875. The number of aliphatic hydroxyl groups is 1. The van der Waals surface area contributed by atoms with Crippen LogP contribution in [0.3, 0.4) is 0 Å². The van der Waals surface area contributed by atoms with Crippen LogP contribution in [0, 0.1) is 0 Å². The quantitative estimate of drug-likeness (QED) is 0.437. The van der Waals surface area contributed by atoms with Crippen molar-refractivity contribution in [2.45, 2.75) is 26.4 Å². The Morgan fingerprint density at radius 2 is 2.33 bits per heavy atom. The maximum Gasteiger partial charge on any atom is 0.319 e. The number of hydrogen-bond acceptors (Lipinski definition) is 4. The van der Waals surface area contributed by atoms with Crippen LogP contribution in [0.15, 0.2) is 0 Å². The lowest BCUT2D eigenvalue weighted by Gasteiger charge is -2.05. The molecular formula is C8H17NO3. The summed E-state index contributed by atoms with van der Waals surface area (Å²) < 4.78 is 4.68. The molecule has 0 aromatic rings. The number of esters is 1. The van der Waals surface area contributed by atoms with Gasteiger partial charge in [0.05, 0.1) is 19.3 Å². The summed E-state index contributed by atoms with van der Waals surface area (Å²) in [6, 6.07) is 0. The molecule has 0 aromatic heterocycles. The van der Waals surface area contributed by atoms with Crippen LogP contribution in [-0.4, -0.2) is 36.9 Å². The average molecular weight is 175 g/mol. The molecule has 0 spiro atoms. The van der Waals surface area contributed by atoms with E-state index in [-0.39, 0.29) is 18.6 Å². The number of hydrogen-bond donors (Lipinski definition) is 2. The molecule has 1 atom stereocenters. The molecule has 0 radical (unpaired) electrons. The lowest BCUT2D eigenvalue weighted by Crippen LogP contribution is -2.27. The zero-order valence-corrected chi connectivity index (χ0v) is 7.67. The minimum absolute atomic E-state index is 0.223. The Labute approximate surface area is 72.9 Å². The maximum atomic E-state index is 10.7. The molecule has 12 heavy (non-hydrogen) atoms.